The SMILES string of the molecule is O=Cc1cc(C(F)(F)F)cc(=O)[nH]1. The van der Waals surface area contributed by atoms with Crippen LogP contribution in [-0.4, -0.2) is 11.3 Å². The van der Waals surface area contributed by atoms with Crippen molar-refractivity contribution in [1.82, 2.24) is 4.98 Å². The van der Waals surface area contributed by atoms with Crippen molar-refractivity contribution in [1.29, 1.82) is 0 Å². The molecular formula is C7H4F3NO2. The van der Waals surface area contributed by atoms with E-state index in [1.807, 2.05) is 4.98 Å². The van der Waals surface area contributed by atoms with E-state index in [0.29, 0.717) is 12.1 Å². The Bertz CT molecular complexity index is 380. The number of aromatic amines is 1. The summed E-state index contributed by atoms with van der Waals surface area (Å²) in [4.78, 5) is 22.6. The van der Waals surface area contributed by atoms with Crippen molar-refractivity contribution in [2.24, 2.45) is 0 Å². The summed E-state index contributed by atoms with van der Waals surface area (Å²) >= 11 is 0. The number of hydrogen-bond donors (Lipinski definition) is 1. The fourth-order valence-electron chi connectivity index (χ4n) is 0.792. The second-order valence-corrected chi connectivity index (χ2v) is 2.30. The van der Waals surface area contributed by atoms with Gasteiger partial charge in [0, 0.05) is 6.07 Å². The molecule has 0 bridgehead atoms. The third kappa shape index (κ3) is 2.17. The Hall–Kier alpha value is -1.59. The van der Waals surface area contributed by atoms with Gasteiger partial charge in [-0.05, 0) is 6.07 Å². The quantitative estimate of drug-likeness (QED) is 0.678. The number of hydrogen-bond acceptors (Lipinski definition) is 2. The molecule has 1 heterocycles. The molecule has 0 aliphatic heterocycles. The highest BCUT2D eigenvalue weighted by Gasteiger charge is 2.31. The van der Waals surface area contributed by atoms with Crippen LogP contribution in [0, 0.1) is 0 Å². The number of halogens is 3. The Morgan fingerprint density at radius 2 is 1.92 bits per heavy atom. The first-order valence-electron chi connectivity index (χ1n) is 3.20. The fourth-order valence-corrected chi connectivity index (χ4v) is 0.792. The third-order valence-corrected chi connectivity index (χ3v) is 1.32. The molecule has 3 nitrogen and oxygen atoms in total. The minimum Gasteiger partial charge on any atom is -0.320 e. The van der Waals surface area contributed by atoms with Crippen LogP contribution < -0.4 is 5.56 Å². The second kappa shape index (κ2) is 3.04. The maximum absolute atomic E-state index is 12.0. The van der Waals surface area contributed by atoms with Gasteiger partial charge in [0.1, 0.15) is 0 Å². The van der Waals surface area contributed by atoms with Gasteiger partial charge in [-0.15, -0.1) is 0 Å². The monoisotopic (exact) mass is 191 g/mol. The molecule has 0 amide bonds. The average Bonchev–Trinajstić information content (AvgIpc) is 2.01. The van der Waals surface area contributed by atoms with Crippen molar-refractivity contribution in [3.8, 4) is 0 Å². The summed E-state index contributed by atoms with van der Waals surface area (Å²) in [5, 5.41) is 0. The molecule has 0 saturated carbocycles. The van der Waals surface area contributed by atoms with Gasteiger partial charge < -0.3 is 4.98 Å². The summed E-state index contributed by atoms with van der Waals surface area (Å²) in [5.41, 5.74) is -2.46. The molecule has 0 aliphatic rings. The first-order chi connectivity index (χ1) is 5.93. The second-order valence-electron chi connectivity index (χ2n) is 2.30. The molecule has 6 heteroatoms. The van der Waals surface area contributed by atoms with Gasteiger partial charge in [0.2, 0.25) is 5.56 Å². The molecule has 70 valence electrons. The zero-order valence-electron chi connectivity index (χ0n) is 6.18. The summed E-state index contributed by atoms with van der Waals surface area (Å²) in [5.74, 6) is 0. The van der Waals surface area contributed by atoms with Crippen LogP contribution in [0.15, 0.2) is 16.9 Å². The smallest absolute Gasteiger partial charge is 0.320 e. The van der Waals surface area contributed by atoms with E-state index in [4.69, 9.17) is 0 Å². The number of aldehydes is 1. The Morgan fingerprint density at radius 1 is 1.31 bits per heavy atom. The molecule has 1 aromatic rings. The van der Waals surface area contributed by atoms with Crippen molar-refractivity contribution in [2.75, 3.05) is 0 Å². The number of carbonyl (C=O) groups is 1. The van der Waals surface area contributed by atoms with Gasteiger partial charge in [0.25, 0.3) is 0 Å². The zero-order chi connectivity index (χ0) is 10.1. The van der Waals surface area contributed by atoms with Gasteiger partial charge in [-0.2, -0.15) is 13.2 Å². The summed E-state index contributed by atoms with van der Waals surface area (Å²) in [7, 11) is 0. The fraction of sp³-hybridized carbons (Fsp3) is 0.143. The van der Waals surface area contributed by atoms with Gasteiger partial charge in [-0.3, -0.25) is 9.59 Å². The summed E-state index contributed by atoms with van der Waals surface area (Å²) < 4.78 is 36.0. The molecule has 1 N–H and O–H groups in total. The van der Waals surface area contributed by atoms with E-state index < -0.39 is 17.3 Å². The van der Waals surface area contributed by atoms with E-state index in [1.165, 1.54) is 0 Å². The molecule has 13 heavy (non-hydrogen) atoms. The minimum atomic E-state index is -4.61. The van der Waals surface area contributed by atoms with Crippen LogP contribution in [0.3, 0.4) is 0 Å². The van der Waals surface area contributed by atoms with Crippen LogP contribution in [0.1, 0.15) is 16.1 Å². The zero-order valence-corrected chi connectivity index (χ0v) is 6.18. The van der Waals surface area contributed by atoms with Crippen molar-refractivity contribution >= 4 is 6.29 Å². The molecular weight excluding hydrogens is 187 g/mol. The molecule has 0 aliphatic carbocycles. The lowest BCUT2D eigenvalue weighted by atomic mass is 10.2. The third-order valence-electron chi connectivity index (χ3n) is 1.32. The van der Waals surface area contributed by atoms with Gasteiger partial charge in [-0.1, -0.05) is 0 Å². The maximum Gasteiger partial charge on any atom is 0.416 e. The van der Waals surface area contributed by atoms with Crippen LogP contribution in [-0.2, 0) is 6.18 Å². The Kier molecular flexibility index (Phi) is 2.22. The summed E-state index contributed by atoms with van der Waals surface area (Å²) in [6.45, 7) is 0. The van der Waals surface area contributed by atoms with Crippen LogP contribution in [0.5, 0.6) is 0 Å². The number of alkyl halides is 3. The van der Waals surface area contributed by atoms with E-state index in [0.717, 1.165) is 0 Å². The van der Waals surface area contributed by atoms with Gasteiger partial charge in [0.05, 0.1) is 11.3 Å². The lowest BCUT2D eigenvalue weighted by Gasteiger charge is -2.05. The highest BCUT2D eigenvalue weighted by atomic mass is 19.4. The first kappa shape index (κ1) is 9.50. The van der Waals surface area contributed by atoms with Crippen molar-refractivity contribution in [3.63, 3.8) is 0 Å². The van der Waals surface area contributed by atoms with E-state index in [1.54, 1.807) is 0 Å². The lowest BCUT2D eigenvalue weighted by Crippen LogP contribution is -2.14. The predicted octanol–water partition coefficient (Wildman–Crippen LogP) is 1.21. The number of nitrogens with one attached hydrogen (secondary N) is 1. The van der Waals surface area contributed by atoms with Gasteiger partial charge in [0.15, 0.2) is 6.29 Å². The Labute approximate surface area is 70.2 Å². The van der Waals surface area contributed by atoms with Crippen LogP contribution >= 0.6 is 0 Å². The molecule has 0 fully saturated rings. The number of carbonyl (C=O) groups excluding carboxylic acids is 1. The van der Waals surface area contributed by atoms with Crippen molar-refractivity contribution < 1.29 is 18.0 Å². The van der Waals surface area contributed by atoms with E-state index in [-0.39, 0.29) is 12.0 Å². The molecule has 0 saturated heterocycles. The van der Waals surface area contributed by atoms with Crippen LogP contribution in [0.25, 0.3) is 0 Å². The van der Waals surface area contributed by atoms with Gasteiger partial charge in [-0.25, -0.2) is 0 Å². The minimum absolute atomic E-state index is 0.149. The van der Waals surface area contributed by atoms with E-state index in [9.17, 15) is 22.8 Å². The normalized spacial score (nSPS) is 11.3. The Balaban J connectivity index is 3.32. The molecule has 1 rings (SSSR count). The molecule has 0 spiro atoms. The molecule has 1 aromatic heterocycles. The summed E-state index contributed by atoms with van der Waals surface area (Å²) in [6.07, 6.45) is -4.46. The molecule has 0 unspecified atom stereocenters. The number of aromatic nitrogens is 1. The highest BCUT2D eigenvalue weighted by molar-refractivity contribution is 5.71. The Morgan fingerprint density at radius 3 is 2.38 bits per heavy atom. The lowest BCUT2D eigenvalue weighted by molar-refractivity contribution is -0.137. The summed E-state index contributed by atoms with van der Waals surface area (Å²) in [6, 6.07) is 0.974. The van der Waals surface area contributed by atoms with Crippen molar-refractivity contribution in [3.05, 3.63) is 33.7 Å². The topological polar surface area (TPSA) is 49.9 Å². The van der Waals surface area contributed by atoms with Crippen molar-refractivity contribution in [2.45, 2.75) is 6.18 Å². The predicted molar refractivity (Wildman–Crippen MR) is 37.5 cm³/mol. The van der Waals surface area contributed by atoms with Crippen LogP contribution in [0.4, 0.5) is 13.2 Å². The number of pyridine rings is 1. The largest absolute Gasteiger partial charge is 0.416 e. The molecule has 0 atom stereocenters. The highest BCUT2D eigenvalue weighted by Crippen LogP contribution is 2.27. The number of rotatable bonds is 1. The number of H-pyrrole nitrogens is 1. The standard InChI is InChI=1S/C7H4F3NO2/c8-7(9,10)4-1-5(3-12)11-6(13)2-4/h1-3H,(H,11,13). The van der Waals surface area contributed by atoms with E-state index >= 15 is 0 Å². The maximum atomic E-state index is 12.0. The van der Waals surface area contributed by atoms with E-state index in [2.05, 4.69) is 0 Å². The first-order valence-corrected chi connectivity index (χ1v) is 3.20. The average molecular weight is 191 g/mol. The molecule has 0 radical (unpaired) electrons. The van der Waals surface area contributed by atoms with Gasteiger partial charge >= 0.3 is 6.18 Å². The molecule has 0 aromatic carbocycles. The van der Waals surface area contributed by atoms with Crippen LogP contribution in [0.2, 0.25) is 0 Å².